The molecule has 170 valence electrons. The first-order valence-corrected chi connectivity index (χ1v) is 11.0. The van der Waals surface area contributed by atoms with Crippen LogP contribution in [0.25, 0.3) is 0 Å². The number of hydrogen-bond donors (Lipinski definition) is 0. The highest BCUT2D eigenvalue weighted by atomic mass is 32.2. The normalized spacial score (nSPS) is 11.2. The van der Waals surface area contributed by atoms with E-state index in [-0.39, 0.29) is 31.7 Å². The quantitative estimate of drug-likeness (QED) is 0.314. The van der Waals surface area contributed by atoms with Crippen molar-refractivity contribution in [1.82, 2.24) is 14.5 Å². The van der Waals surface area contributed by atoms with Gasteiger partial charge < -0.3 is 14.0 Å². The molecule has 0 aliphatic rings. The zero-order chi connectivity index (χ0) is 23.1. The molecule has 1 aromatic carbocycles. The molecule has 0 saturated heterocycles. The number of hydrogen-bond acceptors (Lipinski definition) is 6. The molecule has 3 rings (SSSR count). The number of carbonyl (C=O) groups is 1. The van der Waals surface area contributed by atoms with Crippen LogP contribution in [-0.4, -0.2) is 33.7 Å². The van der Waals surface area contributed by atoms with E-state index < -0.39 is 11.6 Å². The molecule has 0 bridgehead atoms. The summed E-state index contributed by atoms with van der Waals surface area (Å²) >= 11 is 1.27. The van der Waals surface area contributed by atoms with Crippen LogP contribution in [0.1, 0.15) is 43.8 Å². The Balaban J connectivity index is 1.94. The van der Waals surface area contributed by atoms with Gasteiger partial charge >= 0.3 is 5.97 Å². The minimum absolute atomic E-state index is 0.0781. The maximum absolute atomic E-state index is 13.8. The third-order valence-electron chi connectivity index (χ3n) is 4.48. The highest BCUT2D eigenvalue weighted by Crippen LogP contribution is 2.36. The zero-order valence-corrected chi connectivity index (χ0v) is 19.0. The molecule has 0 aliphatic carbocycles. The topological polar surface area (TPSA) is 66.2 Å². The molecule has 6 nitrogen and oxygen atoms in total. The van der Waals surface area contributed by atoms with Crippen molar-refractivity contribution >= 4 is 17.7 Å². The van der Waals surface area contributed by atoms with Crippen molar-refractivity contribution in [3.05, 3.63) is 71.4 Å². The van der Waals surface area contributed by atoms with Gasteiger partial charge in [-0.25, -0.2) is 13.8 Å². The van der Waals surface area contributed by atoms with Gasteiger partial charge in [-0.1, -0.05) is 25.6 Å². The van der Waals surface area contributed by atoms with Crippen LogP contribution in [-0.2, 0) is 27.4 Å². The number of nitrogens with zero attached hydrogens (tertiary/aromatic N) is 3. The monoisotopic (exact) mass is 461 g/mol. The lowest BCUT2D eigenvalue weighted by molar-refractivity contribution is -0.142. The number of halogens is 2. The second kappa shape index (κ2) is 11.2. The largest absolute Gasteiger partial charge is 0.463 e. The summed E-state index contributed by atoms with van der Waals surface area (Å²) in [6, 6.07) is 7.26. The SMILES string of the molecule is CC(=O)OCCOCc1nc(C(C)C)c(Sc2cc(F)cc(F)c2)n1Cc1ccncc1. The minimum atomic E-state index is -0.632. The van der Waals surface area contributed by atoms with Crippen LogP contribution in [0, 0.1) is 11.6 Å². The van der Waals surface area contributed by atoms with Gasteiger partial charge in [-0.2, -0.15) is 0 Å². The van der Waals surface area contributed by atoms with Gasteiger partial charge in [0, 0.05) is 30.3 Å². The summed E-state index contributed by atoms with van der Waals surface area (Å²) in [6.07, 6.45) is 3.42. The van der Waals surface area contributed by atoms with E-state index in [1.54, 1.807) is 12.4 Å². The fraction of sp³-hybridized carbons (Fsp3) is 0.348. The van der Waals surface area contributed by atoms with Crippen molar-refractivity contribution < 1.29 is 23.0 Å². The lowest BCUT2D eigenvalue weighted by Gasteiger charge is -2.14. The molecule has 0 amide bonds. The standard InChI is InChI=1S/C23H25F2N3O3S/c1-15(2)22-23(32-20-11-18(24)10-19(25)12-20)28(13-17-4-6-26-7-5-17)21(27-22)14-30-8-9-31-16(3)29/h4-7,10-12,15H,8-9,13-14H2,1-3H3. The van der Waals surface area contributed by atoms with Gasteiger partial charge in [0.25, 0.3) is 0 Å². The predicted molar refractivity (Wildman–Crippen MR) is 116 cm³/mol. The van der Waals surface area contributed by atoms with E-state index in [4.69, 9.17) is 14.5 Å². The highest BCUT2D eigenvalue weighted by molar-refractivity contribution is 7.99. The molecule has 32 heavy (non-hydrogen) atoms. The molecule has 2 aromatic heterocycles. The van der Waals surface area contributed by atoms with E-state index in [1.165, 1.54) is 30.8 Å². The number of aromatic nitrogens is 3. The minimum Gasteiger partial charge on any atom is -0.463 e. The highest BCUT2D eigenvalue weighted by Gasteiger charge is 2.21. The molecule has 0 fully saturated rings. The summed E-state index contributed by atoms with van der Waals surface area (Å²) in [4.78, 5) is 20.2. The number of imidazole rings is 1. The smallest absolute Gasteiger partial charge is 0.302 e. The van der Waals surface area contributed by atoms with Crippen molar-refractivity contribution in [2.75, 3.05) is 13.2 Å². The molecule has 2 heterocycles. The molecule has 0 atom stereocenters. The summed E-state index contributed by atoms with van der Waals surface area (Å²) < 4.78 is 40.2. The summed E-state index contributed by atoms with van der Waals surface area (Å²) in [5.74, 6) is -0.876. The van der Waals surface area contributed by atoms with Crippen molar-refractivity contribution in [3.63, 3.8) is 0 Å². The Morgan fingerprint density at radius 3 is 2.44 bits per heavy atom. The van der Waals surface area contributed by atoms with Crippen molar-refractivity contribution in [1.29, 1.82) is 0 Å². The van der Waals surface area contributed by atoms with Crippen LogP contribution < -0.4 is 0 Å². The maximum Gasteiger partial charge on any atom is 0.302 e. The van der Waals surface area contributed by atoms with Gasteiger partial charge in [-0.3, -0.25) is 9.78 Å². The Bertz CT molecular complexity index is 1040. The summed E-state index contributed by atoms with van der Waals surface area (Å²) in [5.41, 5.74) is 1.81. The molecule has 0 radical (unpaired) electrons. The lowest BCUT2D eigenvalue weighted by Crippen LogP contribution is -2.11. The number of ether oxygens (including phenoxy) is 2. The van der Waals surface area contributed by atoms with Crippen LogP contribution in [0.2, 0.25) is 0 Å². The number of pyridine rings is 1. The van der Waals surface area contributed by atoms with Gasteiger partial charge in [0.15, 0.2) is 0 Å². The Labute approximate surface area is 190 Å². The molecular formula is C23H25F2N3O3S. The molecule has 0 spiro atoms. The molecule has 3 aromatic rings. The predicted octanol–water partition coefficient (Wildman–Crippen LogP) is 4.96. The molecule has 0 unspecified atom stereocenters. The average molecular weight is 462 g/mol. The van der Waals surface area contributed by atoms with E-state index in [0.29, 0.717) is 17.3 Å². The van der Waals surface area contributed by atoms with Gasteiger partial charge in [0.2, 0.25) is 0 Å². The van der Waals surface area contributed by atoms with Gasteiger partial charge in [-0.15, -0.1) is 0 Å². The first-order chi connectivity index (χ1) is 15.3. The fourth-order valence-electron chi connectivity index (χ4n) is 3.04. The van der Waals surface area contributed by atoms with Crippen molar-refractivity contribution in [2.24, 2.45) is 0 Å². The van der Waals surface area contributed by atoms with Crippen LogP contribution >= 0.6 is 11.8 Å². The second-order valence-corrected chi connectivity index (χ2v) is 8.48. The number of carbonyl (C=O) groups excluding carboxylic acids is 1. The van der Waals surface area contributed by atoms with Crippen molar-refractivity contribution in [3.8, 4) is 0 Å². The lowest BCUT2D eigenvalue weighted by atomic mass is 10.1. The maximum atomic E-state index is 13.8. The zero-order valence-electron chi connectivity index (χ0n) is 18.2. The summed E-state index contributed by atoms with van der Waals surface area (Å²) in [5, 5.41) is 0.792. The van der Waals surface area contributed by atoms with E-state index in [2.05, 4.69) is 4.98 Å². The second-order valence-electron chi connectivity index (χ2n) is 7.41. The molecule has 0 saturated carbocycles. The van der Waals surface area contributed by atoms with Crippen molar-refractivity contribution in [2.45, 2.75) is 49.8 Å². The van der Waals surface area contributed by atoms with Gasteiger partial charge in [-0.05, 0) is 35.7 Å². The van der Waals surface area contributed by atoms with Gasteiger partial charge in [0.1, 0.15) is 35.7 Å². The first kappa shape index (κ1) is 23.9. The number of benzene rings is 1. The Morgan fingerprint density at radius 1 is 1.12 bits per heavy atom. The molecule has 9 heteroatoms. The molecule has 0 N–H and O–H groups in total. The summed E-state index contributed by atoms with van der Waals surface area (Å²) in [7, 11) is 0. The number of rotatable bonds is 10. The van der Waals surface area contributed by atoms with Crippen LogP contribution in [0.3, 0.4) is 0 Å². The van der Waals surface area contributed by atoms with E-state index >= 15 is 0 Å². The van der Waals surface area contributed by atoms with E-state index in [1.807, 2.05) is 30.5 Å². The molecule has 0 aliphatic heterocycles. The molecular weight excluding hydrogens is 436 g/mol. The third kappa shape index (κ3) is 6.61. The Kier molecular flexibility index (Phi) is 8.35. The average Bonchev–Trinajstić information content (AvgIpc) is 3.05. The van der Waals surface area contributed by atoms with E-state index in [9.17, 15) is 13.6 Å². The van der Waals surface area contributed by atoms with E-state index in [0.717, 1.165) is 22.3 Å². The summed E-state index contributed by atoms with van der Waals surface area (Å²) in [6.45, 7) is 6.45. The van der Waals surface area contributed by atoms with Crippen LogP contribution in [0.4, 0.5) is 8.78 Å². The fourth-order valence-corrected chi connectivity index (χ4v) is 4.27. The Morgan fingerprint density at radius 2 is 1.81 bits per heavy atom. The van der Waals surface area contributed by atoms with Crippen LogP contribution in [0.5, 0.6) is 0 Å². The van der Waals surface area contributed by atoms with Gasteiger partial charge in [0.05, 0.1) is 18.8 Å². The third-order valence-corrected chi connectivity index (χ3v) is 5.57. The first-order valence-electron chi connectivity index (χ1n) is 10.2. The Hall–Kier alpha value is -2.78. The number of esters is 1. The van der Waals surface area contributed by atoms with Crippen LogP contribution in [0.15, 0.2) is 52.6 Å².